The Kier molecular flexibility index (Phi) is 8.34. The standard InChI is InChI=1S/C25H26N2O5S/c1-19(28)20-10-7-13-24(16-20)33(30,31)27-15-14-25(29)26-17-21-8-5-6-9-22(21)18-32-23-11-3-2-4-12-23/h2-13,16,27H,14-15,17-18H2,1H3,(H,26,29). The molecule has 0 saturated carbocycles. The van der Waals surface area contributed by atoms with Crippen molar-refractivity contribution in [3.63, 3.8) is 0 Å². The molecule has 0 bridgehead atoms. The van der Waals surface area contributed by atoms with Crippen LogP contribution in [-0.4, -0.2) is 26.7 Å². The summed E-state index contributed by atoms with van der Waals surface area (Å²) >= 11 is 0. The van der Waals surface area contributed by atoms with E-state index in [0.29, 0.717) is 18.7 Å². The molecule has 3 aromatic rings. The first-order chi connectivity index (χ1) is 15.8. The lowest BCUT2D eigenvalue weighted by molar-refractivity contribution is -0.121. The van der Waals surface area contributed by atoms with Gasteiger partial charge < -0.3 is 10.1 Å². The van der Waals surface area contributed by atoms with Crippen molar-refractivity contribution in [1.29, 1.82) is 0 Å². The zero-order valence-electron chi connectivity index (χ0n) is 18.3. The molecule has 0 aliphatic rings. The van der Waals surface area contributed by atoms with E-state index in [0.717, 1.165) is 16.9 Å². The van der Waals surface area contributed by atoms with Crippen LogP contribution in [0.5, 0.6) is 5.75 Å². The Morgan fingerprint density at radius 3 is 2.30 bits per heavy atom. The number of Topliss-reactive ketones (excluding diaryl/α,β-unsaturated/α-hetero) is 1. The molecule has 0 aliphatic carbocycles. The van der Waals surface area contributed by atoms with Crippen LogP contribution in [0.1, 0.15) is 34.8 Å². The predicted molar refractivity (Wildman–Crippen MR) is 125 cm³/mol. The first kappa shape index (κ1) is 24.2. The average Bonchev–Trinajstić information content (AvgIpc) is 2.82. The van der Waals surface area contributed by atoms with Crippen LogP contribution in [0.25, 0.3) is 0 Å². The number of rotatable bonds is 11. The van der Waals surface area contributed by atoms with Gasteiger partial charge in [0.2, 0.25) is 15.9 Å². The Balaban J connectivity index is 1.49. The molecular weight excluding hydrogens is 440 g/mol. The number of amides is 1. The molecule has 0 atom stereocenters. The lowest BCUT2D eigenvalue weighted by atomic mass is 10.1. The van der Waals surface area contributed by atoms with Crippen LogP contribution in [0.4, 0.5) is 0 Å². The molecule has 1 amide bonds. The van der Waals surface area contributed by atoms with Crippen molar-refractivity contribution in [2.45, 2.75) is 31.4 Å². The van der Waals surface area contributed by atoms with Gasteiger partial charge in [-0.2, -0.15) is 0 Å². The summed E-state index contributed by atoms with van der Waals surface area (Å²) in [4.78, 5) is 23.7. The van der Waals surface area contributed by atoms with E-state index in [2.05, 4.69) is 10.0 Å². The Morgan fingerprint density at radius 1 is 0.879 bits per heavy atom. The van der Waals surface area contributed by atoms with E-state index >= 15 is 0 Å². The highest BCUT2D eigenvalue weighted by Gasteiger charge is 2.15. The lowest BCUT2D eigenvalue weighted by Gasteiger charge is -2.12. The topological polar surface area (TPSA) is 102 Å². The highest BCUT2D eigenvalue weighted by molar-refractivity contribution is 7.89. The van der Waals surface area contributed by atoms with Crippen LogP contribution in [0, 0.1) is 0 Å². The maximum atomic E-state index is 12.4. The minimum absolute atomic E-state index is 0.0112. The van der Waals surface area contributed by atoms with Crippen LogP contribution in [0.3, 0.4) is 0 Å². The molecule has 172 valence electrons. The van der Waals surface area contributed by atoms with Gasteiger partial charge in [-0.1, -0.05) is 54.6 Å². The van der Waals surface area contributed by atoms with E-state index in [9.17, 15) is 18.0 Å². The smallest absolute Gasteiger partial charge is 0.240 e. The zero-order valence-corrected chi connectivity index (χ0v) is 19.1. The molecule has 0 fully saturated rings. The van der Waals surface area contributed by atoms with Crippen molar-refractivity contribution in [2.24, 2.45) is 0 Å². The van der Waals surface area contributed by atoms with Gasteiger partial charge in [-0.3, -0.25) is 9.59 Å². The number of hydrogen-bond acceptors (Lipinski definition) is 5. The molecule has 8 heteroatoms. The number of para-hydroxylation sites is 1. The predicted octanol–water partition coefficient (Wildman–Crippen LogP) is 3.45. The van der Waals surface area contributed by atoms with Gasteiger partial charge in [-0.15, -0.1) is 0 Å². The molecule has 0 spiro atoms. The maximum Gasteiger partial charge on any atom is 0.240 e. The second-order valence-electron chi connectivity index (χ2n) is 7.38. The first-order valence-corrected chi connectivity index (χ1v) is 12.0. The Morgan fingerprint density at radius 2 is 1.58 bits per heavy atom. The third kappa shape index (κ3) is 7.27. The number of carbonyl (C=O) groups is 2. The minimum atomic E-state index is -3.82. The van der Waals surface area contributed by atoms with Gasteiger partial charge in [-0.05, 0) is 42.3 Å². The van der Waals surface area contributed by atoms with Crippen LogP contribution >= 0.6 is 0 Å². The van der Waals surface area contributed by atoms with E-state index in [1.54, 1.807) is 6.07 Å². The van der Waals surface area contributed by atoms with Crippen molar-refractivity contribution in [1.82, 2.24) is 10.0 Å². The fourth-order valence-electron chi connectivity index (χ4n) is 3.10. The van der Waals surface area contributed by atoms with E-state index < -0.39 is 10.0 Å². The molecule has 0 radical (unpaired) electrons. The molecule has 7 nitrogen and oxygen atoms in total. The van der Waals surface area contributed by atoms with Crippen LogP contribution in [0.2, 0.25) is 0 Å². The highest BCUT2D eigenvalue weighted by atomic mass is 32.2. The number of hydrogen-bond donors (Lipinski definition) is 2. The summed E-state index contributed by atoms with van der Waals surface area (Å²) in [7, 11) is -3.82. The summed E-state index contributed by atoms with van der Waals surface area (Å²) in [5.41, 5.74) is 2.18. The molecule has 0 aliphatic heterocycles. The fraction of sp³-hybridized carbons (Fsp3) is 0.200. The zero-order chi connectivity index (χ0) is 23.7. The molecular formula is C25H26N2O5S. The molecule has 2 N–H and O–H groups in total. The van der Waals surface area contributed by atoms with Crippen molar-refractivity contribution in [3.8, 4) is 5.75 Å². The summed E-state index contributed by atoms with van der Waals surface area (Å²) in [6.45, 7) is 1.99. The molecule has 0 aromatic heterocycles. The van der Waals surface area contributed by atoms with Crippen molar-refractivity contribution in [2.75, 3.05) is 6.54 Å². The SMILES string of the molecule is CC(=O)c1cccc(S(=O)(=O)NCCC(=O)NCc2ccccc2COc2ccccc2)c1. The molecule has 0 unspecified atom stereocenters. The van der Waals surface area contributed by atoms with Gasteiger partial charge in [0.25, 0.3) is 0 Å². The average molecular weight is 467 g/mol. The summed E-state index contributed by atoms with van der Waals surface area (Å²) in [5, 5.41) is 2.81. The lowest BCUT2D eigenvalue weighted by Crippen LogP contribution is -2.30. The summed E-state index contributed by atoms with van der Waals surface area (Å²) in [6.07, 6.45) is -0.0195. The number of ether oxygens (including phenoxy) is 1. The van der Waals surface area contributed by atoms with Crippen LogP contribution < -0.4 is 14.8 Å². The van der Waals surface area contributed by atoms with Gasteiger partial charge in [0.05, 0.1) is 4.90 Å². The Labute approximate surface area is 193 Å². The van der Waals surface area contributed by atoms with Gasteiger partial charge in [0.15, 0.2) is 5.78 Å². The minimum Gasteiger partial charge on any atom is -0.489 e. The van der Waals surface area contributed by atoms with Gasteiger partial charge in [0.1, 0.15) is 12.4 Å². The first-order valence-electron chi connectivity index (χ1n) is 10.5. The van der Waals surface area contributed by atoms with Crippen molar-refractivity contribution >= 4 is 21.7 Å². The molecule has 33 heavy (non-hydrogen) atoms. The van der Waals surface area contributed by atoms with Crippen LogP contribution in [0.15, 0.2) is 83.8 Å². The molecule has 3 aromatic carbocycles. The van der Waals surface area contributed by atoms with Gasteiger partial charge in [-0.25, -0.2) is 13.1 Å². The van der Waals surface area contributed by atoms with Crippen molar-refractivity contribution in [3.05, 3.63) is 95.6 Å². The Bertz CT molecular complexity index is 1210. The highest BCUT2D eigenvalue weighted by Crippen LogP contribution is 2.15. The summed E-state index contributed by atoms with van der Waals surface area (Å²) < 4.78 is 33.1. The number of ketones is 1. The summed E-state index contributed by atoms with van der Waals surface area (Å²) in [6, 6.07) is 22.9. The molecule has 3 rings (SSSR count). The number of carbonyl (C=O) groups excluding carboxylic acids is 2. The normalized spacial score (nSPS) is 11.1. The quantitative estimate of drug-likeness (QED) is 0.422. The molecule has 0 saturated heterocycles. The number of nitrogens with one attached hydrogen (secondary N) is 2. The maximum absolute atomic E-state index is 12.4. The Hall–Kier alpha value is -3.49. The van der Waals surface area contributed by atoms with E-state index in [4.69, 9.17) is 4.74 Å². The largest absolute Gasteiger partial charge is 0.489 e. The number of sulfonamides is 1. The van der Waals surface area contributed by atoms with Gasteiger partial charge in [0, 0.05) is 25.1 Å². The third-order valence-corrected chi connectivity index (χ3v) is 6.39. The van der Waals surface area contributed by atoms with E-state index in [1.165, 1.54) is 25.1 Å². The summed E-state index contributed by atoms with van der Waals surface area (Å²) in [5.74, 6) is 0.257. The molecule has 0 heterocycles. The monoisotopic (exact) mass is 466 g/mol. The van der Waals surface area contributed by atoms with E-state index in [1.807, 2.05) is 54.6 Å². The van der Waals surface area contributed by atoms with E-state index in [-0.39, 0.29) is 29.6 Å². The number of benzene rings is 3. The second-order valence-corrected chi connectivity index (χ2v) is 9.15. The third-order valence-electron chi connectivity index (χ3n) is 4.93. The van der Waals surface area contributed by atoms with Crippen molar-refractivity contribution < 1.29 is 22.7 Å². The second kappa shape index (κ2) is 11.4. The van der Waals surface area contributed by atoms with Crippen LogP contribution in [-0.2, 0) is 28.0 Å². The fourth-order valence-corrected chi connectivity index (χ4v) is 4.17. The van der Waals surface area contributed by atoms with Gasteiger partial charge >= 0.3 is 0 Å².